The smallest absolute Gasteiger partial charge is 0.269 e. The number of hydrogen-bond acceptors (Lipinski definition) is 4. The lowest BCUT2D eigenvalue weighted by molar-refractivity contribution is -0.384. The van der Waals surface area contributed by atoms with E-state index in [1.165, 1.54) is 12.1 Å². The molecule has 2 aromatic rings. The highest BCUT2D eigenvalue weighted by atomic mass is 16.6. The van der Waals surface area contributed by atoms with Crippen LogP contribution < -0.4 is 10.6 Å². The number of carbonyl (C=O) groups is 1. The second kappa shape index (κ2) is 8.10. The van der Waals surface area contributed by atoms with E-state index >= 15 is 0 Å². The van der Waals surface area contributed by atoms with E-state index in [2.05, 4.69) is 10.6 Å². The second-order valence-corrected chi connectivity index (χ2v) is 5.55. The van der Waals surface area contributed by atoms with Gasteiger partial charge in [0.2, 0.25) is 5.91 Å². The number of non-ortho nitro benzene ring substituents is 1. The van der Waals surface area contributed by atoms with Crippen LogP contribution >= 0.6 is 0 Å². The van der Waals surface area contributed by atoms with Crippen LogP contribution in [0.5, 0.6) is 0 Å². The van der Waals surface area contributed by atoms with Crippen LogP contribution in [0, 0.1) is 17.0 Å². The number of rotatable bonds is 7. The first-order chi connectivity index (χ1) is 11.5. The van der Waals surface area contributed by atoms with E-state index in [9.17, 15) is 14.9 Å². The predicted octanol–water partition coefficient (Wildman–Crippen LogP) is 4.25. The lowest BCUT2D eigenvalue weighted by Gasteiger charge is -2.14. The van der Waals surface area contributed by atoms with Crippen LogP contribution in [-0.4, -0.2) is 10.8 Å². The molecule has 2 rings (SSSR count). The molecule has 2 aromatic carbocycles. The predicted molar refractivity (Wildman–Crippen MR) is 95.1 cm³/mol. The molecule has 6 heteroatoms. The zero-order valence-corrected chi connectivity index (χ0v) is 13.8. The Bertz CT molecular complexity index is 727. The molecule has 0 radical (unpaired) electrons. The van der Waals surface area contributed by atoms with Crippen LogP contribution in [0.1, 0.15) is 30.9 Å². The molecule has 0 heterocycles. The van der Waals surface area contributed by atoms with Crippen molar-refractivity contribution in [2.24, 2.45) is 0 Å². The van der Waals surface area contributed by atoms with E-state index in [1.807, 2.05) is 32.0 Å². The number of nitro groups is 1. The lowest BCUT2D eigenvalue weighted by Crippen LogP contribution is -2.12. The summed E-state index contributed by atoms with van der Waals surface area (Å²) < 4.78 is 0. The molecule has 6 nitrogen and oxygen atoms in total. The van der Waals surface area contributed by atoms with Gasteiger partial charge in [0.05, 0.1) is 4.92 Å². The number of benzene rings is 2. The largest absolute Gasteiger partial charge is 0.381 e. The van der Waals surface area contributed by atoms with Crippen molar-refractivity contribution in [3.05, 3.63) is 63.7 Å². The van der Waals surface area contributed by atoms with Crippen molar-refractivity contribution in [2.45, 2.75) is 33.2 Å². The Hall–Kier alpha value is -2.89. The Labute approximate surface area is 141 Å². The third-order valence-electron chi connectivity index (χ3n) is 3.72. The number of amides is 1. The lowest BCUT2D eigenvalue weighted by atomic mass is 10.1. The third kappa shape index (κ3) is 4.55. The standard InChI is InChI=1S/C18H21N3O3/c1-3-5-18(22)20-17-7-4-6-16(13(17)2)19-12-14-8-10-15(11-9-14)21(23)24/h4,6-11,19H,3,5,12H2,1-2H3,(H,20,22). The molecule has 0 saturated carbocycles. The van der Waals surface area contributed by atoms with Crippen LogP contribution in [0.25, 0.3) is 0 Å². The van der Waals surface area contributed by atoms with Gasteiger partial charge in [-0.25, -0.2) is 0 Å². The number of hydrogen-bond donors (Lipinski definition) is 2. The number of nitrogens with one attached hydrogen (secondary N) is 2. The molecular weight excluding hydrogens is 306 g/mol. The summed E-state index contributed by atoms with van der Waals surface area (Å²) >= 11 is 0. The molecular formula is C18H21N3O3. The monoisotopic (exact) mass is 327 g/mol. The van der Waals surface area contributed by atoms with Crippen molar-refractivity contribution >= 4 is 23.0 Å². The first-order valence-electron chi connectivity index (χ1n) is 7.88. The Morgan fingerprint density at radius 3 is 2.42 bits per heavy atom. The second-order valence-electron chi connectivity index (χ2n) is 5.55. The zero-order chi connectivity index (χ0) is 17.5. The normalized spacial score (nSPS) is 10.2. The summed E-state index contributed by atoms with van der Waals surface area (Å²) in [4.78, 5) is 22.0. The summed E-state index contributed by atoms with van der Waals surface area (Å²) in [5.74, 6) is 0.00752. The minimum atomic E-state index is -0.413. The van der Waals surface area contributed by atoms with Gasteiger partial charge in [0.15, 0.2) is 0 Å². The number of carbonyl (C=O) groups excluding carboxylic acids is 1. The molecule has 0 unspecified atom stereocenters. The summed E-state index contributed by atoms with van der Waals surface area (Å²) in [5, 5.41) is 16.9. The van der Waals surface area contributed by atoms with E-state index in [0.29, 0.717) is 13.0 Å². The molecule has 126 valence electrons. The minimum absolute atomic E-state index is 0.00752. The van der Waals surface area contributed by atoms with Gasteiger partial charge in [0.25, 0.3) is 5.69 Å². The molecule has 0 spiro atoms. The topological polar surface area (TPSA) is 84.3 Å². The van der Waals surface area contributed by atoms with Gasteiger partial charge in [-0.3, -0.25) is 14.9 Å². The minimum Gasteiger partial charge on any atom is -0.381 e. The van der Waals surface area contributed by atoms with Crippen molar-refractivity contribution in [3.8, 4) is 0 Å². The van der Waals surface area contributed by atoms with E-state index in [4.69, 9.17) is 0 Å². The van der Waals surface area contributed by atoms with Crippen molar-refractivity contribution in [3.63, 3.8) is 0 Å². The van der Waals surface area contributed by atoms with Gasteiger partial charge in [-0.05, 0) is 36.6 Å². The summed E-state index contributed by atoms with van der Waals surface area (Å²) in [6.07, 6.45) is 1.31. The van der Waals surface area contributed by atoms with Gasteiger partial charge >= 0.3 is 0 Å². The van der Waals surface area contributed by atoms with E-state index in [0.717, 1.165) is 28.9 Å². The fourth-order valence-electron chi connectivity index (χ4n) is 2.34. The van der Waals surface area contributed by atoms with Gasteiger partial charge < -0.3 is 10.6 Å². The molecule has 0 aliphatic rings. The maximum absolute atomic E-state index is 11.8. The SMILES string of the molecule is CCCC(=O)Nc1cccc(NCc2ccc([N+](=O)[O-])cc2)c1C. The highest BCUT2D eigenvalue weighted by molar-refractivity contribution is 5.92. The highest BCUT2D eigenvalue weighted by Crippen LogP contribution is 2.24. The van der Waals surface area contributed by atoms with Crippen LogP contribution in [0.4, 0.5) is 17.1 Å². The van der Waals surface area contributed by atoms with Crippen molar-refractivity contribution < 1.29 is 9.72 Å². The van der Waals surface area contributed by atoms with Gasteiger partial charge in [-0.1, -0.05) is 25.1 Å². The number of nitro benzene ring substituents is 1. The maximum Gasteiger partial charge on any atom is 0.269 e. The Morgan fingerprint density at radius 2 is 1.79 bits per heavy atom. The summed E-state index contributed by atoms with van der Waals surface area (Å²) in [5.41, 5.74) is 3.70. The van der Waals surface area contributed by atoms with Crippen LogP contribution in [0.2, 0.25) is 0 Å². The highest BCUT2D eigenvalue weighted by Gasteiger charge is 2.08. The Balaban J connectivity index is 2.04. The molecule has 24 heavy (non-hydrogen) atoms. The molecule has 0 saturated heterocycles. The average molecular weight is 327 g/mol. The first kappa shape index (κ1) is 17.5. The van der Waals surface area contributed by atoms with Crippen molar-refractivity contribution in [2.75, 3.05) is 10.6 Å². The molecule has 2 N–H and O–H groups in total. The summed E-state index contributed by atoms with van der Waals surface area (Å²) in [7, 11) is 0. The zero-order valence-electron chi connectivity index (χ0n) is 13.8. The van der Waals surface area contributed by atoms with Gasteiger partial charge in [0.1, 0.15) is 0 Å². The van der Waals surface area contributed by atoms with Gasteiger partial charge in [-0.2, -0.15) is 0 Å². The molecule has 0 fully saturated rings. The molecule has 1 amide bonds. The van der Waals surface area contributed by atoms with E-state index < -0.39 is 4.92 Å². The molecule has 0 aromatic heterocycles. The van der Waals surface area contributed by atoms with E-state index in [-0.39, 0.29) is 11.6 Å². The Kier molecular flexibility index (Phi) is 5.89. The van der Waals surface area contributed by atoms with Crippen LogP contribution in [0.3, 0.4) is 0 Å². The van der Waals surface area contributed by atoms with Crippen molar-refractivity contribution in [1.82, 2.24) is 0 Å². The van der Waals surface area contributed by atoms with E-state index in [1.54, 1.807) is 12.1 Å². The molecule has 0 atom stereocenters. The van der Waals surface area contributed by atoms with Crippen LogP contribution in [-0.2, 0) is 11.3 Å². The number of nitrogens with zero attached hydrogens (tertiary/aromatic N) is 1. The average Bonchev–Trinajstić information content (AvgIpc) is 2.56. The summed E-state index contributed by atoms with van der Waals surface area (Å²) in [6.45, 7) is 4.46. The maximum atomic E-state index is 11.8. The molecule has 0 aliphatic heterocycles. The van der Waals surface area contributed by atoms with Crippen LogP contribution in [0.15, 0.2) is 42.5 Å². The third-order valence-corrected chi connectivity index (χ3v) is 3.72. The molecule has 0 aliphatic carbocycles. The summed E-state index contributed by atoms with van der Waals surface area (Å²) in [6, 6.07) is 12.1. The Morgan fingerprint density at radius 1 is 1.12 bits per heavy atom. The fraction of sp³-hybridized carbons (Fsp3) is 0.278. The van der Waals surface area contributed by atoms with Crippen molar-refractivity contribution in [1.29, 1.82) is 0 Å². The van der Waals surface area contributed by atoms with Gasteiger partial charge in [0, 0.05) is 36.5 Å². The number of anilines is 2. The molecule has 0 bridgehead atoms. The fourth-order valence-corrected chi connectivity index (χ4v) is 2.34. The van der Waals surface area contributed by atoms with Gasteiger partial charge in [-0.15, -0.1) is 0 Å². The first-order valence-corrected chi connectivity index (χ1v) is 7.88. The quantitative estimate of drug-likeness (QED) is 0.588.